The van der Waals surface area contributed by atoms with Crippen molar-refractivity contribution in [2.24, 2.45) is 0 Å². The van der Waals surface area contributed by atoms with Gasteiger partial charge in [-0.3, -0.25) is 0 Å². The molecule has 0 radical (unpaired) electrons. The minimum Gasteiger partial charge on any atom is -0.504 e. The van der Waals surface area contributed by atoms with E-state index in [-0.39, 0.29) is 11.1 Å². The molecule has 4 heteroatoms. The van der Waals surface area contributed by atoms with E-state index in [0.29, 0.717) is 11.1 Å². The molecular formula is C16H12N2O2. The van der Waals surface area contributed by atoms with Crippen LogP contribution in [0.4, 0.5) is 0 Å². The summed E-state index contributed by atoms with van der Waals surface area (Å²) in [5, 5.41) is 37.8. The van der Waals surface area contributed by atoms with Crippen molar-refractivity contribution in [3.8, 4) is 34.8 Å². The second-order valence-corrected chi connectivity index (χ2v) is 4.64. The zero-order valence-corrected chi connectivity index (χ0v) is 11.1. The smallest absolute Gasteiger partial charge is 0.176 e. The average molecular weight is 264 g/mol. The molecule has 0 unspecified atom stereocenters. The molecule has 20 heavy (non-hydrogen) atoms. The Hall–Kier alpha value is -2.98. The average Bonchev–Trinajstić information content (AvgIpc) is 2.39. The van der Waals surface area contributed by atoms with Crippen LogP contribution in [0.1, 0.15) is 22.3 Å². The fraction of sp³-hybridized carbons (Fsp3) is 0.125. The molecule has 0 saturated carbocycles. The van der Waals surface area contributed by atoms with Gasteiger partial charge in [0.15, 0.2) is 11.5 Å². The summed E-state index contributed by atoms with van der Waals surface area (Å²) in [4.78, 5) is 0. The minimum absolute atomic E-state index is 0.0912. The molecule has 0 amide bonds. The summed E-state index contributed by atoms with van der Waals surface area (Å²) in [6.45, 7) is 3.82. The first kappa shape index (κ1) is 13.5. The van der Waals surface area contributed by atoms with Crippen molar-refractivity contribution in [2.45, 2.75) is 13.8 Å². The van der Waals surface area contributed by atoms with Gasteiger partial charge in [0, 0.05) is 11.6 Å². The first-order chi connectivity index (χ1) is 9.47. The molecule has 2 N–H and O–H groups in total. The van der Waals surface area contributed by atoms with Gasteiger partial charge in [-0.25, -0.2) is 0 Å². The molecule has 0 spiro atoms. The molecule has 4 nitrogen and oxygen atoms in total. The summed E-state index contributed by atoms with van der Waals surface area (Å²) in [5.41, 5.74) is 3.05. The van der Waals surface area contributed by atoms with E-state index in [1.54, 1.807) is 0 Å². The summed E-state index contributed by atoms with van der Waals surface area (Å²) < 4.78 is 0. The number of aryl methyl sites for hydroxylation is 2. The van der Waals surface area contributed by atoms with Crippen molar-refractivity contribution in [1.82, 2.24) is 0 Å². The maximum Gasteiger partial charge on any atom is 0.176 e. The highest BCUT2D eigenvalue weighted by Crippen LogP contribution is 2.39. The van der Waals surface area contributed by atoms with Gasteiger partial charge in [0.25, 0.3) is 0 Å². The zero-order valence-electron chi connectivity index (χ0n) is 11.1. The van der Waals surface area contributed by atoms with Crippen LogP contribution in [0.25, 0.3) is 11.1 Å². The van der Waals surface area contributed by atoms with Crippen LogP contribution in [0.5, 0.6) is 11.5 Å². The van der Waals surface area contributed by atoms with Crippen LogP contribution >= 0.6 is 0 Å². The molecule has 0 atom stereocenters. The van der Waals surface area contributed by atoms with E-state index in [4.69, 9.17) is 0 Å². The van der Waals surface area contributed by atoms with Gasteiger partial charge in [-0.2, -0.15) is 10.5 Å². The van der Waals surface area contributed by atoms with Gasteiger partial charge in [-0.05, 0) is 19.4 Å². The van der Waals surface area contributed by atoms with Gasteiger partial charge in [0.1, 0.15) is 11.6 Å². The van der Waals surface area contributed by atoms with E-state index in [0.717, 1.165) is 11.1 Å². The maximum absolute atomic E-state index is 9.82. The van der Waals surface area contributed by atoms with Crippen molar-refractivity contribution >= 4 is 0 Å². The fourth-order valence-electron chi connectivity index (χ4n) is 2.27. The lowest BCUT2D eigenvalue weighted by Crippen LogP contribution is -1.93. The zero-order chi connectivity index (χ0) is 14.9. The molecule has 2 rings (SSSR count). The van der Waals surface area contributed by atoms with Crippen LogP contribution in [0, 0.1) is 36.5 Å². The van der Waals surface area contributed by atoms with E-state index in [2.05, 4.69) is 0 Å². The molecule has 0 saturated heterocycles. The first-order valence-electron chi connectivity index (χ1n) is 5.95. The van der Waals surface area contributed by atoms with Crippen LogP contribution in [-0.4, -0.2) is 10.2 Å². The largest absolute Gasteiger partial charge is 0.504 e. The Morgan fingerprint density at radius 2 is 1.50 bits per heavy atom. The van der Waals surface area contributed by atoms with Crippen LogP contribution in [-0.2, 0) is 0 Å². The maximum atomic E-state index is 9.82. The number of nitriles is 2. The van der Waals surface area contributed by atoms with Crippen LogP contribution in [0.2, 0.25) is 0 Å². The van der Waals surface area contributed by atoms with Gasteiger partial charge in [0.2, 0.25) is 0 Å². The number of phenolic OH excluding ortho intramolecular Hbond substituents is 2. The Morgan fingerprint density at radius 1 is 0.900 bits per heavy atom. The molecule has 0 aromatic heterocycles. The summed E-state index contributed by atoms with van der Waals surface area (Å²) in [5.74, 6) is -0.966. The number of benzene rings is 2. The molecular weight excluding hydrogens is 252 g/mol. The van der Waals surface area contributed by atoms with Crippen molar-refractivity contribution < 1.29 is 10.2 Å². The van der Waals surface area contributed by atoms with Gasteiger partial charge in [-0.1, -0.05) is 29.3 Å². The van der Waals surface area contributed by atoms with E-state index >= 15 is 0 Å². The molecule has 98 valence electrons. The lowest BCUT2D eigenvalue weighted by atomic mass is 9.92. The highest BCUT2D eigenvalue weighted by molar-refractivity contribution is 5.81. The highest BCUT2D eigenvalue weighted by atomic mass is 16.3. The molecule has 0 bridgehead atoms. The Morgan fingerprint density at radius 3 is 2.00 bits per heavy atom. The number of nitrogens with zero attached hydrogens (tertiary/aromatic N) is 2. The Bertz CT molecular complexity index is 760. The minimum atomic E-state index is -0.499. The Balaban J connectivity index is 2.90. The van der Waals surface area contributed by atoms with Crippen LogP contribution < -0.4 is 0 Å². The summed E-state index contributed by atoms with van der Waals surface area (Å²) in [7, 11) is 0. The first-order valence-corrected chi connectivity index (χ1v) is 5.95. The number of hydrogen-bond acceptors (Lipinski definition) is 4. The molecule has 2 aromatic carbocycles. The molecule has 0 fully saturated rings. The number of phenols is 2. The van der Waals surface area contributed by atoms with E-state index in [1.807, 2.05) is 44.2 Å². The number of rotatable bonds is 1. The predicted molar refractivity (Wildman–Crippen MR) is 74.1 cm³/mol. The molecule has 0 aliphatic heterocycles. The second-order valence-electron chi connectivity index (χ2n) is 4.64. The van der Waals surface area contributed by atoms with Gasteiger partial charge < -0.3 is 10.2 Å². The lowest BCUT2D eigenvalue weighted by molar-refractivity contribution is 0.402. The van der Waals surface area contributed by atoms with Crippen molar-refractivity contribution in [3.05, 3.63) is 46.5 Å². The van der Waals surface area contributed by atoms with Crippen molar-refractivity contribution in [3.63, 3.8) is 0 Å². The standard InChI is InChI=1S/C16H12N2O2/c1-9-3-10(2)5-11(4-9)15-12(7-17)6-14(19)16(20)13(15)8-18/h3-6,19-20H,1-2H3. The van der Waals surface area contributed by atoms with E-state index in [9.17, 15) is 20.7 Å². The molecule has 0 heterocycles. The molecule has 2 aromatic rings. The summed E-state index contributed by atoms with van der Waals surface area (Å²) in [6, 6.07) is 10.6. The highest BCUT2D eigenvalue weighted by Gasteiger charge is 2.19. The van der Waals surface area contributed by atoms with Crippen LogP contribution in [0.15, 0.2) is 24.3 Å². The van der Waals surface area contributed by atoms with Gasteiger partial charge in [-0.15, -0.1) is 0 Å². The second kappa shape index (κ2) is 4.95. The monoisotopic (exact) mass is 264 g/mol. The molecule has 0 aliphatic rings. The topological polar surface area (TPSA) is 88.0 Å². The third kappa shape index (κ3) is 2.15. The van der Waals surface area contributed by atoms with Crippen molar-refractivity contribution in [2.75, 3.05) is 0 Å². The molecule has 0 aliphatic carbocycles. The van der Waals surface area contributed by atoms with Crippen LogP contribution in [0.3, 0.4) is 0 Å². The van der Waals surface area contributed by atoms with E-state index in [1.165, 1.54) is 6.07 Å². The predicted octanol–water partition coefficient (Wildman–Crippen LogP) is 3.13. The lowest BCUT2D eigenvalue weighted by Gasteiger charge is -2.11. The SMILES string of the molecule is Cc1cc(C)cc(-c2c(C#N)cc(O)c(O)c2C#N)c1. The normalized spacial score (nSPS) is 9.80. The number of hydrogen-bond donors (Lipinski definition) is 2. The number of aromatic hydroxyl groups is 2. The summed E-state index contributed by atoms with van der Waals surface area (Å²) >= 11 is 0. The van der Waals surface area contributed by atoms with E-state index < -0.39 is 11.5 Å². The third-order valence-electron chi connectivity index (χ3n) is 3.02. The third-order valence-corrected chi connectivity index (χ3v) is 3.02. The van der Waals surface area contributed by atoms with Gasteiger partial charge >= 0.3 is 0 Å². The Labute approximate surface area is 116 Å². The van der Waals surface area contributed by atoms with Gasteiger partial charge in [0.05, 0.1) is 11.6 Å². The Kier molecular flexibility index (Phi) is 3.33. The summed E-state index contributed by atoms with van der Waals surface area (Å²) in [6.07, 6.45) is 0. The van der Waals surface area contributed by atoms with Crippen molar-refractivity contribution in [1.29, 1.82) is 10.5 Å². The quantitative estimate of drug-likeness (QED) is 0.774. The fourth-order valence-corrected chi connectivity index (χ4v) is 2.27.